The van der Waals surface area contributed by atoms with Crippen molar-refractivity contribution in [1.29, 1.82) is 0 Å². The second kappa shape index (κ2) is 8.38. The highest BCUT2D eigenvalue weighted by molar-refractivity contribution is 7.99. The van der Waals surface area contributed by atoms with Crippen LogP contribution in [0.5, 0.6) is 0 Å². The summed E-state index contributed by atoms with van der Waals surface area (Å²) in [7, 11) is 0. The standard InChI is InChI=1S/C20H21N5O2S2/c1-4-25-18(16-6-5-9-28-16)23-24-20(25)29-11-17(26)21-13-7-8-15-14(10-13)22-19(27-15)12(2)3/h5-10,12H,4,11H2,1-3H3,(H,21,26). The Morgan fingerprint density at radius 1 is 1.31 bits per heavy atom. The van der Waals surface area contributed by atoms with Gasteiger partial charge in [0.2, 0.25) is 5.91 Å². The average Bonchev–Trinajstić information content (AvgIpc) is 3.43. The van der Waals surface area contributed by atoms with E-state index in [9.17, 15) is 4.79 Å². The third-order valence-corrected chi connectivity index (χ3v) is 6.12. The maximum atomic E-state index is 12.4. The number of hydrogen-bond acceptors (Lipinski definition) is 7. The number of fused-ring (bicyclic) bond motifs is 1. The Kier molecular flexibility index (Phi) is 5.68. The summed E-state index contributed by atoms with van der Waals surface area (Å²) in [6.07, 6.45) is 0. The summed E-state index contributed by atoms with van der Waals surface area (Å²) in [4.78, 5) is 18.0. The lowest BCUT2D eigenvalue weighted by molar-refractivity contribution is -0.113. The van der Waals surface area contributed by atoms with Crippen molar-refractivity contribution in [3.8, 4) is 10.7 Å². The second-order valence-corrected chi connectivity index (χ2v) is 8.64. The largest absolute Gasteiger partial charge is 0.440 e. The summed E-state index contributed by atoms with van der Waals surface area (Å²) < 4.78 is 7.73. The topological polar surface area (TPSA) is 85.8 Å². The molecule has 4 aromatic rings. The lowest BCUT2D eigenvalue weighted by atomic mass is 10.2. The highest BCUT2D eigenvalue weighted by Crippen LogP contribution is 2.27. The van der Waals surface area contributed by atoms with Crippen LogP contribution >= 0.6 is 23.1 Å². The van der Waals surface area contributed by atoms with Gasteiger partial charge in [-0.05, 0) is 36.6 Å². The van der Waals surface area contributed by atoms with Crippen molar-refractivity contribution in [2.75, 3.05) is 11.1 Å². The predicted octanol–water partition coefficient (Wildman–Crippen LogP) is 5.02. The number of nitrogens with one attached hydrogen (secondary N) is 1. The van der Waals surface area contributed by atoms with Crippen LogP contribution in [0.4, 0.5) is 5.69 Å². The smallest absolute Gasteiger partial charge is 0.234 e. The van der Waals surface area contributed by atoms with Crippen molar-refractivity contribution in [2.45, 2.75) is 38.4 Å². The number of carbonyl (C=O) groups excluding carboxylic acids is 1. The summed E-state index contributed by atoms with van der Waals surface area (Å²) in [6.45, 7) is 6.85. The number of thiophene rings is 1. The fraction of sp³-hybridized carbons (Fsp3) is 0.300. The Labute approximate surface area is 176 Å². The first-order chi connectivity index (χ1) is 14.0. The maximum Gasteiger partial charge on any atom is 0.234 e. The minimum atomic E-state index is -0.106. The van der Waals surface area contributed by atoms with Gasteiger partial charge in [-0.15, -0.1) is 21.5 Å². The van der Waals surface area contributed by atoms with Gasteiger partial charge in [-0.2, -0.15) is 0 Å². The maximum absolute atomic E-state index is 12.4. The number of aromatic nitrogens is 4. The molecular weight excluding hydrogens is 406 g/mol. The van der Waals surface area contributed by atoms with Crippen LogP contribution in [0.1, 0.15) is 32.6 Å². The van der Waals surface area contributed by atoms with Gasteiger partial charge in [-0.25, -0.2) is 4.98 Å². The van der Waals surface area contributed by atoms with Gasteiger partial charge < -0.3 is 14.3 Å². The molecule has 1 amide bonds. The number of rotatable bonds is 7. The van der Waals surface area contributed by atoms with E-state index in [4.69, 9.17) is 4.42 Å². The molecule has 29 heavy (non-hydrogen) atoms. The van der Waals surface area contributed by atoms with E-state index in [1.807, 2.05) is 61.1 Å². The third kappa shape index (κ3) is 4.20. The zero-order valence-electron chi connectivity index (χ0n) is 16.4. The molecule has 7 nitrogen and oxygen atoms in total. The normalized spacial score (nSPS) is 11.4. The van der Waals surface area contributed by atoms with Crippen molar-refractivity contribution in [1.82, 2.24) is 19.7 Å². The quantitative estimate of drug-likeness (QED) is 0.417. The van der Waals surface area contributed by atoms with Crippen LogP contribution in [0, 0.1) is 0 Å². The van der Waals surface area contributed by atoms with Gasteiger partial charge in [0.15, 0.2) is 22.5 Å². The predicted molar refractivity (Wildman–Crippen MR) is 116 cm³/mol. The van der Waals surface area contributed by atoms with E-state index in [1.54, 1.807) is 11.3 Å². The molecule has 0 bridgehead atoms. The molecule has 4 rings (SSSR count). The van der Waals surface area contributed by atoms with Gasteiger partial charge >= 0.3 is 0 Å². The zero-order valence-corrected chi connectivity index (χ0v) is 18.0. The van der Waals surface area contributed by atoms with Crippen LogP contribution in [0.25, 0.3) is 21.8 Å². The number of thioether (sulfide) groups is 1. The van der Waals surface area contributed by atoms with E-state index in [1.165, 1.54) is 11.8 Å². The first-order valence-electron chi connectivity index (χ1n) is 9.35. The molecule has 0 spiro atoms. The number of anilines is 1. The van der Waals surface area contributed by atoms with Gasteiger partial charge in [0.25, 0.3) is 0 Å². The highest BCUT2D eigenvalue weighted by atomic mass is 32.2. The molecule has 0 saturated heterocycles. The number of nitrogens with zero attached hydrogens (tertiary/aromatic N) is 4. The van der Waals surface area contributed by atoms with Crippen molar-refractivity contribution in [3.05, 3.63) is 41.6 Å². The first-order valence-corrected chi connectivity index (χ1v) is 11.2. The van der Waals surface area contributed by atoms with Gasteiger partial charge in [0.1, 0.15) is 5.52 Å². The Bertz CT molecular complexity index is 1130. The summed E-state index contributed by atoms with van der Waals surface area (Å²) in [5, 5.41) is 14.2. The molecule has 0 aliphatic carbocycles. The molecule has 0 atom stereocenters. The van der Waals surface area contributed by atoms with Crippen LogP contribution in [-0.4, -0.2) is 31.4 Å². The van der Waals surface area contributed by atoms with Crippen molar-refractivity contribution in [2.24, 2.45) is 0 Å². The molecule has 0 unspecified atom stereocenters. The molecule has 1 aromatic carbocycles. The van der Waals surface area contributed by atoms with Gasteiger partial charge in [-0.1, -0.05) is 31.7 Å². The molecule has 0 fully saturated rings. The summed E-state index contributed by atoms with van der Waals surface area (Å²) >= 11 is 3.00. The van der Waals surface area contributed by atoms with Gasteiger partial charge in [0.05, 0.1) is 10.6 Å². The zero-order chi connectivity index (χ0) is 20.4. The Balaban J connectivity index is 1.42. The van der Waals surface area contributed by atoms with E-state index in [0.717, 1.165) is 33.5 Å². The minimum Gasteiger partial charge on any atom is -0.440 e. The highest BCUT2D eigenvalue weighted by Gasteiger charge is 2.16. The minimum absolute atomic E-state index is 0.106. The number of hydrogen-bond donors (Lipinski definition) is 1. The van der Waals surface area contributed by atoms with Crippen LogP contribution < -0.4 is 5.32 Å². The molecule has 0 aliphatic heterocycles. The van der Waals surface area contributed by atoms with E-state index in [-0.39, 0.29) is 17.6 Å². The number of benzene rings is 1. The number of oxazole rings is 1. The summed E-state index contributed by atoms with van der Waals surface area (Å²) in [6, 6.07) is 9.50. The fourth-order valence-corrected chi connectivity index (χ4v) is 4.39. The van der Waals surface area contributed by atoms with Gasteiger partial charge in [-0.3, -0.25) is 4.79 Å². The second-order valence-electron chi connectivity index (χ2n) is 6.75. The molecule has 9 heteroatoms. The van der Waals surface area contributed by atoms with Crippen LogP contribution in [0.3, 0.4) is 0 Å². The van der Waals surface area contributed by atoms with E-state index >= 15 is 0 Å². The number of amides is 1. The molecule has 150 valence electrons. The number of carbonyl (C=O) groups is 1. The molecule has 1 N–H and O–H groups in total. The van der Waals surface area contributed by atoms with Crippen LogP contribution in [0.15, 0.2) is 45.3 Å². The van der Waals surface area contributed by atoms with Gasteiger partial charge in [0, 0.05) is 18.2 Å². The fourth-order valence-electron chi connectivity index (χ4n) is 2.87. The molecule has 0 radical (unpaired) electrons. The Morgan fingerprint density at radius 3 is 2.90 bits per heavy atom. The lowest BCUT2D eigenvalue weighted by Crippen LogP contribution is -2.14. The summed E-state index contributed by atoms with van der Waals surface area (Å²) in [5.41, 5.74) is 2.16. The van der Waals surface area contributed by atoms with Crippen LogP contribution in [0.2, 0.25) is 0 Å². The molecule has 3 aromatic heterocycles. The Hall–Kier alpha value is -2.65. The Morgan fingerprint density at radius 2 is 2.17 bits per heavy atom. The SMILES string of the molecule is CCn1c(SCC(=O)Nc2ccc3oc(C(C)C)nc3c2)nnc1-c1cccs1. The van der Waals surface area contributed by atoms with E-state index in [0.29, 0.717) is 11.6 Å². The molecular formula is C20H21N5O2S2. The van der Waals surface area contributed by atoms with Crippen molar-refractivity contribution >= 4 is 45.8 Å². The molecule has 0 aliphatic rings. The van der Waals surface area contributed by atoms with Crippen LogP contribution in [-0.2, 0) is 11.3 Å². The summed E-state index contributed by atoms with van der Waals surface area (Å²) in [5.74, 6) is 1.89. The first kappa shape index (κ1) is 19.7. The molecule has 3 heterocycles. The average molecular weight is 428 g/mol. The van der Waals surface area contributed by atoms with Crippen molar-refractivity contribution in [3.63, 3.8) is 0 Å². The third-order valence-electron chi connectivity index (χ3n) is 4.29. The lowest BCUT2D eigenvalue weighted by Gasteiger charge is -2.07. The van der Waals surface area contributed by atoms with Crippen molar-refractivity contribution < 1.29 is 9.21 Å². The van der Waals surface area contributed by atoms with E-state index < -0.39 is 0 Å². The van der Waals surface area contributed by atoms with E-state index in [2.05, 4.69) is 20.5 Å². The monoisotopic (exact) mass is 427 g/mol. The molecule has 0 saturated carbocycles.